The third kappa shape index (κ3) is 3.88. The molecular formula is C28H34N4O8. The lowest BCUT2D eigenvalue weighted by Crippen LogP contribution is -2.58. The Morgan fingerprint density at radius 2 is 1.80 bits per heavy atom. The van der Waals surface area contributed by atoms with Crippen molar-refractivity contribution in [2.45, 2.75) is 44.8 Å². The number of hydrogen-bond donors (Lipinski definition) is 6. The number of amides is 2. The summed E-state index contributed by atoms with van der Waals surface area (Å²) in [6, 6.07) is 1.92. The number of hydrogen-bond acceptors (Lipinski definition) is 10. The van der Waals surface area contributed by atoms with Crippen LogP contribution in [0.25, 0.3) is 5.76 Å². The van der Waals surface area contributed by atoms with E-state index in [1.54, 1.807) is 25.1 Å². The lowest BCUT2D eigenvalue weighted by atomic mass is 9.59. The largest absolute Gasteiger partial charge is 0.508 e. The standard InChI is InChI=1S/C28H34N4O8/c1-11(2)32-9-13(10-32)27(39)30-16-8-17(31(3)4)15-6-12-5-14-7-18(33)21(26(29)38)25(37)28(14,40)24(36)19(12)23(35)20(15)22(16)34/h8,11-14,34-35,37,40H,5-7,9-10H2,1-4H3,(H2,29,38)(H,30,39)/t12-,14+,28+/m1/s1. The van der Waals surface area contributed by atoms with Gasteiger partial charge in [0.1, 0.15) is 22.8 Å². The summed E-state index contributed by atoms with van der Waals surface area (Å²) in [4.78, 5) is 55.0. The fourth-order valence-electron chi connectivity index (χ4n) is 6.50. The lowest BCUT2D eigenvalue weighted by Gasteiger charge is -2.46. The van der Waals surface area contributed by atoms with Gasteiger partial charge in [0, 0.05) is 56.8 Å². The number of nitrogens with two attached hydrogens (primary N) is 1. The third-order valence-corrected chi connectivity index (χ3v) is 8.79. The Kier molecular flexibility index (Phi) is 6.46. The molecule has 2 fully saturated rings. The number of primary amides is 1. The fraction of sp³-hybridized carbons (Fsp3) is 0.500. The Bertz CT molecular complexity index is 1420. The van der Waals surface area contributed by atoms with E-state index in [2.05, 4.69) is 10.2 Å². The smallest absolute Gasteiger partial charge is 0.255 e. The van der Waals surface area contributed by atoms with E-state index in [0.717, 1.165) is 0 Å². The van der Waals surface area contributed by atoms with E-state index in [-0.39, 0.29) is 47.9 Å². The number of anilines is 2. The van der Waals surface area contributed by atoms with Crippen LogP contribution in [0.15, 0.2) is 23.0 Å². The van der Waals surface area contributed by atoms with Gasteiger partial charge in [-0.1, -0.05) is 0 Å². The molecule has 7 N–H and O–H groups in total. The lowest BCUT2D eigenvalue weighted by molar-refractivity contribution is -0.147. The van der Waals surface area contributed by atoms with Gasteiger partial charge in [-0.05, 0) is 44.2 Å². The summed E-state index contributed by atoms with van der Waals surface area (Å²) >= 11 is 0. The zero-order valence-electron chi connectivity index (χ0n) is 22.8. The number of likely N-dealkylation sites (tertiary alicyclic amines) is 1. The molecule has 0 aromatic heterocycles. The highest BCUT2D eigenvalue weighted by molar-refractivity contribution is 6.22. The van der Waals surface area contributed by atoms with E-state index in [0.29, 0.717) is 30.4 Å². The molecule has 0 bridgehead atoms. The third-order valence-electron chi connectivity index (χ3n) is 8.79. The number of Topliss-reactive ketones (excluding diaryl/α,β-unsaturated/α-hetero) is 2. The second-order valence-corrected chi connectivity index (χ2v) is 11.7. The minimum absolute atomic E-state index is 0.0447. The summed E-state index contributed by atoms with van der Waals surface area (Å²) in [5, 5.41) is 47.6. The molecule has 0 unspecified atom stereocenters. The number of phenolic OH excluding ortho intramolecular Hbond substituents is 1. The molecular weight excluding hydrogens is 520 g/mol. The van der Waals surface area contributed by atoms with E-state index in [9.17, 15) is 39.6 Å². The van der Waals surface area contributed by atoms with E-state index >= 15 is 0 Å². The first kappa shape index (κ1) is 27.7. The van der Waals surface area contributed by atoms with Crippen LogP contribution in [0.4, 0.5) is 11.4 Å². The zero-order valence-corrected chi connectivity index (χ0v) is 22.8. The minimum Gasteiger partial charge on any atom is -0.508 e. The molecule has 40 heavy (non-hydrogen) atoms. The van der Waals surface area contributed by atoms with Crippen molar-refractivity contribution in [3.63, 3.8) is 0 Å². The molecule has 5 rings (SSSR count). The quantitative estimate of drug-likeness (QED) is 0.224. The number of nitrogens with one attached hydrogen (secondary N) is 1. The molecule has 1 saturated heterocycles. The number of nitrogens with zero attached hydrogens (tertiary/aromatic N) is 2. The van der Waals surface area contributed by atoms with Crippen LogP contribution < -0.4 is 16.0 Å². The molecule has 12 nitrogen and oxygen atoms in total. The normalized spacial score (nSPS) is 26.8. The number of aliphatic hydroxyl groups is 3. The minimum atomic E-state index is -2.63. The summed E-state index contributed by atoms with van der Waals surface area (Å²) in [5.74, 6) is -7.50. The molecule has 1 aliphatic heterocycles. The SMILES string of the molecule is CC(C)N1CC(C(=O)Nc2cc(N(C)C)c3c(c2O)C(O)=C2C(=O)[C@]4(O)C(O)=C(C(N)=O)C(=O)C[C@@H]4C[C@@H]2C3)C1. The van der Waals surface area contributed by atoms with Gasteiger partial charge in [-0.2, -0.15) is 0 Å². The topological polar surface area (TPSA) is 194 Å². The number of aromatic hydroxyl groups is 1. The monoisotopic (exact) mass is 554 g/mol. The van der Waals surface area contributed by atoms with Gasteiger partial charge < -0.3 is 36.4 Å². The first-order chi connectivity index (χ1) is 18.7. The molecule has 1 saturated carbocycles. The van der Waals surface area contributed by atoms with Crippen molar-refractivity contribution in [3.8, 4) is 5.75 Å². The van der Waals surface area contributed by atoms with Gasteiger partial charge in [-0.3, -0.25) is 24.1 Å². The van der Waals surface area contributed by atoms with Crippen LogP contribution in [-0.4, -0.2) is 87.5 Å². The summed E-state index contributed by atoms with van der Waals surface area (Å²) in [7, 11) is 3.53. The first-order valence-corrected chi connectivity index (χ1v) is 13.3. The molecule has 2 amide bonds. The van der Waals surface area contributed by atoms with Crippen molar-refractivity contribution in [3.05, 3.63) is 34.1 Å². The predicted molar refractivity (Wildman–Crippen MR) is 145 cm³/mol. The van der Waals surface area contributed by atoms with Crippen LogP contribution in [-0.2, 0) is 25.6 Å². The highest BCUT2D eigenvalue weighted by atomic mass is 16.3. The van der Waals surface area contributed by atoms with Crippen LogP contribution in [0.2, 0.25) is 0 Å². The number of carbonyl (C=O) groups is 4. The van der Waals surface area contributed by atoms with Crippen molar-refractivity contribution in [2.24, 2.45) is 23.5 Å². The van der Waals surface area contributed by atoms with Crippen LogP contribution in [0, 0.1) is 17.8 Å². The van der Waals surface area contributed by atoms with Gasteiger partial charge in [0.15, 0.2) is 11.4 Å². The molecule has 0 radical (unpaired) electrons. The van der Waals surface area contributed by atoms with Gasteiger partial charge in [0.25, 0.3) is 5.91 Å². The molecule has 12 heteroatoms. The number of aliphatic hydroxyl groups excluding tert-OH is 2. The molecule has 3 aliphatic carbocycles. The van der Waals surface area contributed by atoms with Gasteiger partial charge >= 0.3 is 0 Å². The van der Waals surface area contributed by atoms with E-state index in [4.69, 9.17) is 5.73 Å². The Balaban J connectivity index is 1.59. The first-order valence-electron chi connectivity index (χ1n) is 13.3. The van der Waals surface area contributed by atoms with Crippen molar-refractivity contribution in [1.29, 1.82) is 0 Å². The zero-order chi connectivity index (χ0) is 29.4. The Hall–Kier alpha value is -3.90. The summed E-state index contributed by atoms with van der Waals surface area (Å²) in [6.45, 7) is 5.23. The maximum atomic E-state index is 13.7. The maximum Gasteiger partial charge on any atom is 0.255 e. The highest BCUT2D eigenvalue weighted by Gasteiger charge is 2.60. The van der Waals surface area contributed by atoms with Gasteiger partial charge in [-0.25, -0.2) is 0 Å². The van der Waals surface area contributed by atoms with E-state index in [1.807, 2.05) is 13.8 Å². The average molecular weight is 555 g/mol. The van der Waals surface area contributed by atoms with E-state index in [1.165, 1.54) is 0 Å². The van der Waals surface area contributed by atoms with Gasteiger partial charge in [-0.15, -0.1) is 0 Å². The van der Waals surface area contributed by atoms with Crippen molar-refractivity contribution < 1.29 is 39.6 Å². The summed E-state index contributed by atoms with van der Waals surface area (Å²) < 4.78 is 0. The van der Waals surface area contributed by atoms with Crippen LogP contribution >= 0.6 is 0 Å². The highest BCUT2D eigenvalue weighted by Crippen LogP contribution is 2.54. The molecule has 1 aromatic carbocycles. The van der Waals surface area contributed by atoms with Crippen molar-refractivity contribution in [2.75, 3.05) is 37.4 Å². The Morgan fingerprint density at radius 1 is 1.15 bits per heavy atom. The molecule has 214 valence electrons. The Labute approximate surface area is 230 Å². The number of rotatable bonds is 5. The number of benzene rings is 1. The fourth-order valence-corrected chi connectivity index (χ4v) is 6.50. The number of phenols is 1. The molecule has 1 heterocycles. The molecule has 3 atom stereocenters. The summed E-state index contributed by atoms with van der Waals surface area (Å²) in [5.41, 5.74) is 2.66. The number of fused-ring (bicyclic) bond motifs is 3. The number of ketones is 2. The van der Waals surface area contributed by atoms with Gasteiger partial charge in [0.2, 0.25) is 11.7 Å². The van der Waals surface area contributed by atoms with Crippen LogP contribution in [0.3, 0.4) is 0 Å². The Morgan fingerprint density at radius 3 is 2.38 bits per heavy atom. The van der Waals surface area contributed by atoms with Crippen LogP contribution in [0.5, 0.6) is 5.75 Å². The number of carbonyl (C=O) groups excluding carboxylic acids is 4. The van der Waals surface area contributed by atoms with Crippen LogP contribution in [0.1, 0.15) is 37.8 Å². The second kappa shape index (κ2) is 9.34. The predicted octanol–water partition coefficient (Wildman–Crippen LogP) is 0.769. The van der Waals surface area contributed by atoms with Crippen molar-refractivity contribution in [1.82, 2.24) is 4.90 Å². The second-order valence-electron chi connectivity index (χ2n) is 11.7. The molecule has 1 aromatic rings. The summed E-state index contributed by atoms with van der Waals surface area (Å²) in [6.07, 6.45) is -0.160. The van der Waals surface area contributed by atoms with Gasteiger partial charge in [0.05, 0.1) is 17.2 Å². The maximum absolute atomic E-state index is 13.7. The van der Waals surface area contributed by atoms with Crippen molar-refractivity contribution >= 4 is 40.5 Å². The molecule has 0 spiro atoms. The van der Waals surface area contributed by atoms with E-state index < -0.39 is 57.8 Å². The average Bonchev–Trinajstić information content (AvgIpc) is 2.81. The molecule has 4 aliphatic rings.